The first-order valence-electron chi connectivity index (χ1n) is 7.71. The maximum absolute atomic E-state index is 11.8. The average Bonchev–Trinajstić information content (AvgIpc) is 3.00. The molecule has 3 atom stereocenters. The number of hydrogen-bond acceptors (Lipinski definition) is 4. The molecule has 1 aromatic rings. The van der Waals surface area contributed by atoms with Gasteiger partial charge in [0.15, 0.2) is 0 Å². The van der Waals surface area contributed by atoms with Gasteiger partial charge in [0.05, 0.1) is 25.1 Å². The van der Waals surface area contributed by atoms with Crippen molar-refractivity contribution in [1.29, 1.82) is 0 Å². The van der Waals surface area contributed by atoms with E-state index in [4.69, 9.17) is 4.74 Å². The average molecular weight is 293 g/mol. The zero-order valence-corrected chi connectivity index (χ0v) is 12.1. The maximum Gasteiger partial charge on any atom is 0.246 e. The van der Waals surface area contributed by atoms with Crippen molar-refractivity contribution in [2.75, 3.05) is 13.2 Å². The molecule has 2 aliphatic rings. The van der Waals surface area contributed by atoms with Gasteiger partial charge < -0.3 is 19.7 Å². The van der Waals surface area contributed by atoms with Gasteiger partial charge in [-0.25, -0.2) is 4.98 Å². The second kappa shape index (κ2) is 6.58. The van der Waals surface area contributed by atoms with Crippen molar-refractivity contribution in [2.24, 2.45) is 11.8 Å². The molecule has 1 aromatic heterocycles. The number of imidazole rings is 1. The van der Waals surface area contributed by atoms with Gasteiger partial charge in [-0.05, 0) is 37.5 Å². The van der Waals surface area contributed by atoms with Crippen LogP contribution in [0.3, 0.4) is 0 Å². The lowest BCUT2D eigenvalue weighted by molar-refractivity contribution is -0.127. The first-order chi connectivity index (χ1) is 10.2. The second-order valence-corrected chi connectivity index (χ2v) is 6.30. The summed E-state index contributed by atoms with van der Waals surface area (Å²) in [5.74, 6) is 0.907. The molecule has 0 saturated heterocycles. The minimum absolute atomic E-state index is 0.103. The summed E-state index contributed by atoms with van der Waals surface area (Å²) in [6, 6.07) is -0.157. The van der Waals surface area contributed by atoms with Crippen LogP contribution in [0.25, 0.3) is 0 Å². The molecular weight excluding hydrogens is 270 g/mol. The van der Waals surface area contributed by atoms with Crippen molar-refractivity contribution < 1.29 is 14.6 Å². The van der Waals surface area contributed by atoms with Crippen molar-refractivity contribution in [3.05, 3.63) is 18.7 Å². The molecule has 3 rings (SSSR count). The molecular formula is C15H23N3O3. The zero-order chi connectivity index (χ0) is 14.7. The van der Waals surface area contributed by atoms with E-state index in [1.54, 1.807) is 12.5 Å². The summed E-state index contributed by atoms with van der Waals surface area (Å²) >= 11 is 0. The van der Waals surface area contributed by atoms with E-state index in [1.807, 2.05) is 10.8 Å². The highest BCUT2D eigenvalue weighted by Crippen LogP contribution is 2.29. The summed E-state index contributed by atoms with van der Waals surface area (Å²) in [5, 5.41) is 13.0. The van der Waals surface area contributed by atoms with E-state index in [1.165, 1.54) is 12.8 Å². The molecule has 0 bridgehead atoms. The van der Waals surface area contributed by atoms with Crippen LogP contribution in [0.1, 0.15) is 25.7 Å². The van der Waals surface area contributed by atoms with Gasteiger partial charge in [-0.3, -0.25) is 4.79 Å². The topological polar surface area (TPSA) is 76.4 Å². The normalized spacial score (nSPS) is 28.7. The fraction of sp³-hybridized carbons (Fsp3) is 0.733. The second-order valence-electron chi connectivity index (χ2n) is 6.30. The number of nitrogens with zero attached hydrogens (tertiary/aromatic N) is 2. The van der Waals surface area contributed by atoms with Crippen molar-refractivity contribution in [3.63, 3.8) is 0 Å². The number of carbonyl (C=O) groups excluding carboxylic acids is 1. The Kier molecular flexibility index (Phi) is 4.55. The highest BCUT2D eigenvalue weighted by atomic mass is 16.5. The molecule has 116 valence electrons. The lowest BCUT2D eigenvalue weighted by Gasteiger charge is -2.16. The van der Waals surface area contributed by atoms with E-state index in [0.717, 1.165) is 13.0 Å². The van der Waals surface area contributed by atoms with Crippen LogP contribution in [0.4, 0.5) is 0 Å². The number of carbonyl (C=O) groups is 1. The van der Waals surface area contributed by atoms with Crippen LogP contribution in [0.15, 0.2) is 18.7 Å². The number of ether oxygens (including phenoxy) is 1. The van der Waals surface area contributed by atoms with Crippen LogP contribution in [-0.2, 0) is 16.1 Å². The van der Waals surface area contributed by atoms with Gasteiger partial charge in [-0.2, -0.15) is 0 Å². The van der Waals surface area contributed by atoms with E-state index >= 15 is 0 Å². The summed E-state index contributed by atoms with van der Waals surface area (Å²) in [5.41, 5.74) is 0. The quantitative estimate of drug-likeness (QED) is 0.770. The SMILES string of the molecule is O=C(COCC1CC1)N[C@@H]1CC(Cn2ccnc2)C[C@H]1O. The third kappa shape index (κ3) is 4.28. The third-order valence-corrected chi connectivity index (χ3v) is 4.28. The molecule has 2 aliphatic carbocycles. The molecule has 1 unspecified atom stereocenters. The van der Waals surface area contributed by atoms with E-state index in [0.29, 0.717) is 24.9 Å². The number of aliphatic hydroxyl groups is 1. The molecule has 0 radical (unpaired) electrons. The van der Waals surface area contributed by atoms with Crippen molar-refractivity contribution in [3.8, 4) is 0 Å². The minimum atomic E-state index is -0.467. The molecule has 1 amide bonds. The first kappa shape index (κ1) is 14.5. The summed E-state index contributed by atoms with van der Waals surface area (Å²) < 4.78 is 7.39. The number of aromatic nitrogens is 2. The Balaban J connectivity index is 1.39. The Labute approximate surface area is 124 Å². The Hall–Kier alpha value is -1.40. The fourth-order valence-corrected chi connectivity index (χ4v) is 2.97. The van der Waals surface area contributed by atoms with E-state index in [9.17, 15) is 9.90 Å². The van der Waals surface area contributed by atoms with Crippen LogP contribution in [0, 0.1) is 11.8 Å². The van der Waals surface area contributed by atoms with E-state index in [-0.39, 0.29) is 18.6 Å². The van der Waals surface area contributed by atoms with E-state index in [2.05, 4.69) is 10.3 Å². The first-order valence-corrected chi connectivity index (χ1v) is 7.71. The molecule has 2 saturated carbocycles. The van der Waals surface area contributed by atoms with E-state index < -0.39 is 6.10 Å². The van der Waals surface area contributed by atoms with Gasteiger partial charge in [0.2, 0.25) is 5.91 Å². The van der Waals surface area contributed by atoms with Crippen LogP contribution >= 0.6 is 0 Å². The van der Waals surface area contributed by atoms with Gasteiger partial charge in [0.1, 0.15) is 6.61 Å². The minimum Gasteiger partial charge on any atom is -0.391 e. The molecule has 6 nitrogen and oxygen atoms in total. The number of amides is 1. The van der Waals surface area contributed by atoms with Crippen molar-refractivity contribution in [2.45, 2.75) is 44.4 Å². The largest absolute Gasteiger partial charge is 0.391 e. The third-order valence-electron chi connectivity index (χ3n) is 4.28. The maximum atomic E-state index is 11.8. The van der Waals surface area contributed by atoms with Gasteiger partial charge in [-0.1, -0.05) is 0 Å². The van der Waals surface area contributed by atoms with Gasteiger partial charge >= 0.3 is 0 Å². The lowest BCUT2D eigenvalue weighted by atomic mass is 10.1. The summed E-state index contributed by atoms with van der Waals surface area (Å²) in [7, 11) is 0. The lowest BCUT2D eigenvalue weighted by Crippen LogP contribution is -2.41. The van der Waals surface area contributed by atoms with Crippen LogP contribution in [-0.4, -0.2) is 45.9 Å². The van der Waals surface area contributed by atoms with Gasteiger partial charge in [0.25, 0.3) is 0 Å². The molecule has 0 aliphatic heterocycles. The number of rotatable bonds is 7. The molecule has 1 heterocycles. The van der Waals surface area contributed by atoms with Crippen molar-refractivity contribution in [1.82, 2.24) is 14.9 Å². The van der Waals surface area contributed by atoms with Crippen LogP contribution < -0.4 is 5.32 Å². The number of aliphatic hydroxyl groups excluding tert-OH is 1. The molecule has 2 fully saturated rings. The molecule has 21 heavy (non-hydrogen) atoms. The monoisotopic (exact) mass is 293 g/mol. The fourth-order valence-electron chi connectivity index (χ4n) is 2.97. The summed E-state index contributed by atoms with van der Waals surface area (Å²) in [4.78, 5) is 15.8. The molecule has 0 aromatic carbocycles. The predicted molar refractivity (Wildman–Crippen MR) is 76.4 cm³/mol. The number of nitrogens with one attached hydrogen (secondary N) is 1. The molecule has 6 heteroatoms. The highest BCUT2D eigenvalue weighted by molar-refractivity contribution is 5.77. The predicted octanol–water partition coefficient (Wildman–Crippen LogP) is 0.565. The molecule has 2 N–H and O–H groups in total. The molecule has 0 spiro atoms. The van der Waals surface area contributed by atoms with Crippen LogP contribution in [0.2, 0.25) is 0 Å². The Morgan fingerprint density at radius 2 is 2.24 bits per heavy atom. The Morgan fingerprint density at radius 1 is 1.38 bits per heavy atom. The summed E-state index contributed by atoms with van der Waals surface area (Å²) in [6.07, 6.45) is 8.94. The Bertz CT molecular complexity index is 459. The van der Waals surface area contributed by atoms with Gasteiger partial charge in [-0.15, -0.1) is 0 Å². The Morgan fingerprint density at radius 3 is 2.95 bits per heavy atom. The van der Waals surface area contributed by atoms with Crippen LogP contribution in [0.5, 0.6) is 0 Å². The highest BCUT2D eigenvalue weighted by Gasteiger charge is 2.34. The standard InChI is InChI=1S/C15H23N3O3/c19-14-6-12(7-18-4-3-16-10-18)5-13(14)17-15(20)9-21-8-11-1-2-11/h3-4,10-14,19H,1-2,5-9H2,(H,17,20)/t12?,13-,14-/m1/s1. The number of hydrogen-bond donors (Lipinski definition) is 2. The summed E-state index contributed by atoms with van der Waals surface area (Å²) in [6.45, 7) is 1.62. The van der Waals surface area contributed by atoms with Gasteiger partial charge in [0, 0.05) is 18.9 Å². The van der Waals surface area contributed by atoms with Crippen molar-refractivity contribution >= 4 is 5.91 Å². The zero-order valence-electron chi connectivity index (χ0n) is 12.1. The smallest absolute Gasteiger partial charge is 0.246 e.